The van der Waals surface area contributed by atoms with E-state index in [4.69, 9.17) is 0 Å². The third-order valence-corrected chi connectivity index (χ3v) is 6.44. The molecule has 0 radical (unpaired) electrons. The second-order valence-corrected chi connectivity index (χ2v) is 6.98. The second-order valence-electron chi connectivity index (χ2n) is 6.98. The van der Waals surface area contributed by atoms with Gasteiger partial charge in [-0.3, -0.25) is 15.1 Å². The highest BCUT2D eigenvalue weighted by molar-refractivity contribution is 5.05. The molecule has 0 aromatic rings. The summed E-state index contributed by atoms with van der Waals surface area (Å²) in [5.41, 5.74) is 0.303. The van der Waals surface area contributed by atoms with E-state index in [0.29, 0.717) is 0 Å². The first kappa shape index (κ1) is 12.9. The van der Waals surface area contributed by atoms with Gasteiger partial charge in [-0.25, -0.2) is 0 Å². The van der Waals surface area contributed by atoms with Crippen molar-refractivity contribution in [3.05, 3.63) is 0 Å². The van der Waals surface area contributed by atoms with E-state index in [1.54, 1.807) is 0 Å². The molecule has 3 aliphatic rings. The van der Waals surface area contributed by atoms with Crippen LogP contribution in [0.25, 0.3) is 0 Å². The Hall–Kier alpha value is -0.160. The highest BCUT2D eigenvalue weighted by atomic mass is 15.6. The van der Waals surface area contributed by atoms with Gasteiger partial charge < -0.3 is 4.48 Å². The fourth-order valence-corrected chi connectivity index (χ4v) is 4.71. The zero-order valence-electron chi connectivity index (χ0n) is 12.5. The molecule has 1 N–H and O–H groups in total. The van der Waals surface area contributed by atoms with Crippen LogP contribution in [0.4, 0.5) is 0 Å². The molecule has 0 spiro atoms. The van der Waals surface area contributed by atoms with Crippen molar-refractivity contribution in [2.24, 2.45) is 0 Å². The lowest BCUT2D eigenvalue weighted by atomic mass is 9.82. The lowest BCUT2D eigenvalue weighted by Gasteiger charge is -2.69. The summed E-state index contributed by atoms with van der Waals surface area (Å²) in [5, 5.41) is 3.90. The predicted molar refractivity (Wildman–Crippen MR) is 74.2 cm³/mol. The van der Waals surface area contributed by atoms with Crippen molar-refractivity contribution < 1.29 is 4.48 Å². The molecule has 3 rings (SSSR count). The maximum absolute atomic E-state index is 3.90. The second kappa shape index (κ2) is 3.92. The van der Waals surface area contributed by atoms with E-state index in [9.17, 15) is 0 Å². The Morgan fingerprint density at radius 3 is 2.61 bits per heavy atom. The number of quaternary nitrogens is 1. The van der Waals surface area contributed by atoms with Gasteiger partial charge in [0.2, 0.25) is 0 Å². The van der Waals surface area contributed by atoms with Gasteiger partial charge in [0, 0.05) is 39.5 Å². The van der Waals surface area contributed by atoms with E-state index in [1.165, 1.54) is 56.6 Å². The molecular weight excluding hydrogens is 224 g/mol. The number of hydrogen-bond acceptors (Lipinski definition) is 3. The molecule has 104 valence electrons. The number of nitrogens with one attached hydrogen (secondary N) is 1. The van der Waals surface area contributed by atoms with Gasteiger partial charge in [0.05, 0.1) is 20.1 Å². The van der Waals surface area contributed by atoms with Crippen LogP contribution in [0.15, 0.2) is 0 Å². The monoisotopic (exact) mass is 253 g/mol. The first-order valence-corrected chi connectivity index (χ1v) is 7.50. The first-order chi connectivity index (χ1) is 8.44. The maximum atomic E-state index is 3.90. The Morgan fingerprint density at radius 1 is 1.06 bits per heavy atom. The zero-order chi connectivity index (χ0) is 13.0. The highest BCUT2D eigenvalue weighted by Gasteiger charge is 2.65. The summed E-state index contributed by atoms with van der Waals surface area (Å²) >= 11 is 0. The Balaban J connectivity index is 2.06. The SMILES string of the molecule is CN1CCCN2CC[N+]3(C)CCCN[C@]3(C)C12C. The molecular formula is C14H29N4+. The molecule has 3 aliphatic heterocycles. The normalized spacial score (nSPS) is 50.7. The first-order valence-electron chi connectivity index (χ1n) is 7.50. The van der Waals surface area contributed by atoms with Gasteiger partial charge in [-0.1, -0.05) is 0 Å². The van der Waals surface area contributed by atoms with Gasteiger partial charge in [0.15, 0.2) is 5.66 Å². The van der Waals surface area contributed by atoms with Gasteiger partial charge in [0.1, 0.15) is 5.66 Å². The Labute approximate surface area is 112 Å². The van der Waals surface area contributed by atoms with Gasteiger partial charge in [-0.05, 0) is 20.4 Å². The topological polar surface area (TPSA) is 18.5 Å². The van der Waals surface area contributed by atoms with Crippen molar-refractivity contribution in [3.63, 3.8) is 0 Å². The zero-order valence-corrected chi connectivity index (χ0v) is 12.5. The summed E-state index contributed by atoms with van der Waals surface area (Å²) < 4.78 is 1.18. The molecule has 0 bridgehead atoms. The Bertz CT molecular complexity index is 345. The van der Waals surface area contributed by atoms with Gasteiger partial charge in [-0.15, -0.1) is 0 Å². The van der Waals surface area contributed by atoms with Crippen molar-refractivity contribution in [1.29, 1.82) is 0 Å². The van der Waals surface area contributed by atoms with Crippen LogP contribution in [0.5, 0.6) is 0 Å². The number of hydrogen-bond donors (Lipinski definition) is 1. The van der Waals surface area contributed by atoms with Crippen LogP contribution in [0.2, 0.25) is 0 Å². The number of rotatable bonds is 0. The van der Waals surface area contributed by atoms with E-state index < -0.39 is 0 Å². The Morgan fingerprint density at radius 2 is 1.83 bits per heavy atom. The van der Waals surface area contributed by atoms with Crippen LogP contribution < -0.4 is 5.32 Å². The fraction of sp³-hybridized carbons (Fsp3) is 1.00. The summed E-state index contributed by atoms with van der Waals surface area (Å²) in [6, 6.07) is 0. The van der Waals surface area contributed by atoms with Gasteiger partial charge >= 0.3 is 0 Å². The maximum Gasteiger partial charge on any atom is 0.182 e. The molecule has 0 saturated carbocycles. The number of piperazine rings is 1. The van der Waals surface area contributed by atoms with Crippen molar-refractivity contribution in [3.8, 4) is 0 Å². The largest absolute Gasteiger partial charge is 0.305 e. The minimum atomic E-state index is 0.151. The van der Waals surface area contributed by atoms with E-state index in [0.717, 1.165) is 0 Å². The van der Waals surface area contributed by atoms with Crippen LogP contribution in [0.1, 0.15) is 26.7 Å². The van der Waals surface area contributed by atoms with Gasteiger partial charge in [-0.2, -0.15) is 0 Å². The fourth-order valence-electron chi connectivity index (χ4n) is 4.71. The van der Waals surface area contributed by atoms with Crippen LogP contribution in [0, 0.1) is 0 Å². The van der Waals surface area contributed by atoms with Crippen LogP contribution in [0.3, 0.4) is 0 Å². The molecule has 3 fully saturated rings. The molecule has 3 atom stereocenters. The lowest BCUT2D eigenvalue weighted by molar-refractivity contribution is -0.980. The number of fused-ring (bicyclic) bond motifs is 3. The molecule has 0 aromatic carbocycles. The molecule has 3 saturated heterocycles. The summed E-state index contributed by atoms with van der Waals surface area (Å²) in [4.78, 5) is 5.30. The average Bonchev–Trinajstić information content (AvgIpc) is 2.34. The molecule has 2 unspecified atom stereocenters. The summed E-state index contributed by atoms with van der Waals surface area (Å²) in [5.74, 6) is 0. The van der Waals surface area contributed by atoms with Crippen molar-refractivity contribution in [2.45, 2.75) is 38.0 Å². The Kier molecular flexibility index (Phi) is 2.80. The molecule has 0 aliphatic carbocycles. The minimum Gasteiger partial charge on any atom is -0.305 e. The smallest absolute Gasteiger partial charge is 0.182 e. The molecule has 4 heteroatoms. The summed E-state index contributed by atoms with van der Waals surface area (Å²) in [6.45, 7) is 12.4. The summed E-state index contributed by atoms with van der Waals surface area (Å²) in [6.07, 6.45) is 2.62. The van der Waals surface area contributed by atoms with Crippen LogP contribution in [-0.2, 0) is 0 Å². The lowest BCUT2D eigenvalue weighted by Crippen LogP contribution is -2.90. The van der Waals surface area contributed by atoms with E-state index >= 15 is 0 Å². The number of likely N-dealkylation sites (N-methyl/N-ethyl adjacent to an activating group) is 2. The molecule has 4 nitrogen and oxygen atoms in total. The third-order valence-electron chi connectivity index (χ3n) is 6.44. The minimum absolute atomic E-state index is 0.151. The van der Waals surface area contributed by atoms with Crippen LogP contribution >= 0.6 is 0 Å². The average molecular weight is 253 g/mol. The molecule has 3 heterocycles. The molecule has 0 aromatic heterocycles. The van der Waals surface area contributed by atoms with Gasteiger partial charge in [0.25, 0.3) is 0 Å². The number of nitrogens with zero attached hydrogens (tertiary/aromatic N) is 3. The quantitative estimate of drug-likeness (QED) is 0.635. The van der Waals surface area contributed by atoms with E-state index in [2.05, 4.69) is 43.1 Å². The van der Waals surface area contributed by atoms with Crippen LogP contribution in [-0.4, -0.2) is 79.0 Å². The van der Waals surface area contributed by atoms with Crippen molar-refractivity contribution in [1.82, 2.24) is 15.1 Å². The van der Waals surface area contributed by atoms with Crippen molar-refractivity contribution in [2.75, 3.05) is 53.4 Å². The predicted octanol–water partition coefficient (Wildman–Crippen LogP) is 0.510. The molecule has 0 amide bonds. The van der Waals surface area contributed by atoms with E-state index in [-0.39, 0.29) is 11.3 Å². The highest BCUT2D eigenvalue weighted by Crippen LogP contribution is 2.44. The summed E-state index contributed by atoms with van der Waals surface area (Å²) in [7, 11) is 4.76. The molecule has 18 heavy (non-hydrogen) atoms. The third kappa shape index (κ3) is 1.35. The van der Waals surface area contributed by atoms with Crippen molar-refractivity contribution >= 4 is 0 Å². The van der Waals surface area contributed by atoms with E-state index in [1.807, 2.05) is 0 Å². The standard InChI is InChI=1S/C14H29N4/c1-13-14(2)16(3)8-6-9-17(14)10-12-18(13,4)11-5-7-15-13/h15H,5-12H2,1-4H3/q+1/t13-,14?,18?/m0/s1.